The van der Waals surface area contributed by atoms with Crippen LogP contribution in [0.3, 0.4) is 0 Å². The Morgan fingerprint density at radius 3 is 2.67 bits per heavy atom. The molecule has 0 unspecified atom stereocenters. The number of carbonyl (C=O) groups excluding carboxylic acids is 2. The summed E-state index contributed by atoms with van der Waals surface area (Å²) >= 11 is 7.34. The Morgan fingerprint density at radius 2 is 2.05 bits per heavy atom. The van der Waals surface area contributed by atoms with Crippen LogP contribution in [0.5, 0.6) is 0 Å². The molecule has 4 nitrogen and oxygen atoms in total. The molecule has 0 aliphatic carbocycles. The molecule has 1 aromatic heterocycles. The first-order valence-electron chi connectivity index (χ1n) is 6.33. The number of hydrogen-bond donors (Lipinski definition) is 1. The second kappa shape index (κ2) is 6.74. The van der Waals surface area contributed by atoms with Gasteiger partial charge in [0.1, 0.15) is 0 Å². The largest absolute Gasteiger partial charge is 0.337 e. The van der Waals surface area contributed by atoms with Crippen molar-refractivity contribution >= 4 is 40.4 Å². The molecule has 0 aliphatic rings. The van der Waals surface area contributed by atoms with Crippen molar-refractivity contribution in [3.05, 3.63) is 51.2 Å². The predicted octanol–water partition coefficient (Wildman–Crippen LogP) is 3.63. The zero-order valence-corrected chi connectivity index (χ0v) is 13.3. The van der Waals surface area contributed by atoms with Crippen LogP contribution in [0.15, 0.2) is 36.4 Å². The molecule has 0 atom stereocenters. The second-order valence-electron chi connectivity index (χ2n) is 4.63. The van der Waals surface area contributed by atoms with E-state index in [2.05, 4.69) is 5.32 Å². The first kappa shape index (κ1) is 15.5. The number of anilines is 1. The molecule has 0 saturated heterocycles. The first-order valence-corrected chi connectivity index (χ1v) is 7.52. The van der Waals surface area contributed by atoms with Crippen LogP contribution in [-0.4, -0.2) is 23.8 Å². The van der Waals surface area contributed by atoms with Gasteiger partial charge in [-0.25, -0.2) is 0 Å². The van der Waals surface area contributed by atoms with E-state index in [-0.39, 0.29) is 11.8 Å². The number of nitrogens with zero attached hydrogens (tertiary/aromatic N) is 1. The Kier molecular flexibility index (Phi) is 4.98. The quantitative estimate of drug-likeness (QED) is 0.934. The molecule has 1 heterocycles. The summed E-state index contributed by atoms with van der Waals surface area (Å²) in [6, 6.07) is 10.6. The fourth-order valence-corrected chi connectivity index (χ4v) is 3.04. The maximum absolute atomic E-state index is 12.4. The summed E-state index contributed by atoms with van der Waals surface area (Å²) in [5.74, 6) is -0.270. The molecule has 2 amide bonds. The molecule has 0 spiro atoms. The molecular formula is C15H15ClN2O2S. The third kappa shape index (κ3) is 4.31. The van der Waals surface area contributed by atoms with E-state index < -0.39 is 0 Å². The van der Waals surface area contributed by atoms with Crippen molar-refractivity contribution in [2.45, 2.75) is 13.5 Å². The number of amides is 2. The van der Waals surface area contributed by atoms with Crippen LogP contribution in [0.25, 0.3) is 0 Å². The van der Waals surface area contributed by atoms with Gasteiger partial charge in [-0.15, -0.1) is 11.3 Å². The van der Waals surface area contributed by atoms with Crippen molar-refractivity contribution < 1.29 is 9.59 Å². The maximum atomic E-state index is 12.4. The smallest absolute Gasteiger partial charge is 0.253 e. The molecule has 0 aliphatic heterocycles. The lowest BCUT2D eigenvalue weighted by atomic mass is 10.1. The minimum Gasteiger partial charge on any atom is -0.337 e. The molecule has 0 radical (unpaired) electrons. The van der Waals surface area contributed by atoms with E-state index in [1.807, 2.05) is 12.1 Å². The third-order valence-corrected chi connectivity index (χ3v) is 4.01. The molecule has 2 aromatic rings. The fourth-order valence-electron chi connectivity index (χ4n) is 1.90. The minimum atomic E-state index is -0.166. The van der Waals surface area contributed by atoms with Crippen molar-refractivity contribution in [1.82, 2.24) is 4.90 Å². The number of benzene rings is 1. The summed E-state index contributed by atoms with van der Waals surface area (Å²) in [6.07, 6.45) is 0. The van der Waals surface area contributed by atoms with Crippen LogP contribution in [0.2, 0.25) is 4.34 Å². The standard InChI is InChI=1S/C15H15ClN2O2S/c1-10(19)17-12-5-3-4-11(8-12)15(20)18(2)9-13-6-7-14(16)21-13/h3-8H,9H2,1-2H3,(H,17,19). The van der Waals surface area contributed by atoms with Gasteiger partial charge in [0.2, 0.25) is 5.91 Å². The highest BCUT2D eigenvalue weighted by Crippen LogP contribution is 2.23. The topological polar surface area (TPSA) is 49.4 Å². The Bertz CT molecular complexity index is 669. The lowest BCUT2D eigenvalue weighted by Gasteiger charge is -2.16. The predicted molar refractivity (Wildman–Crippen MR) is 85.9 cm³/mol. The van der Waals surface area contributed by atoms with Gasteiger partial charge in [0.15, 0.2) is 0 Å². The van der Waals surface area contributed by atoms with Gasteiger partial charge >= 0.3 is 0 Å². The molecule has 1 N–H and O–H groups in total. The molecular weight excluding hydrogens is 308 g/mol. The normalized spacial score (nSPS) is 10.2. The summed E-state index contributed by atoms with van der Waals surface area (Å²) < 4.78 is 0.707. The highest BCUT2D eigenvalue weighted by Gasteiger charge is 2.13. The van der Waals surface area contributed by atoms with Crippen LogP contribution >= 0.6 is 22.9 Å². The zero-order valence-electron chi connectivity index (χ0n) is 11.7. The number of carbonyl (C=O) groups is 2. The molecule has 0 bridgehead atoms. The monoisotopic (exact) mass is 322 g/mol. The minimum absolute atomic E-state index is 0.105. The van der Waals surface area contributed by atoms with Gasteiger partial charge in [-0.2, -0.15) is 0 Å². The second-order valence-corrected chi connectivity index (χ2v) is 6.43. The summed E-state index contributed by atoms with van der Waals surface area (Å²) in [4.78, 5) is 26.1. The fraction of sp³-hybridized carbons (Fsp3) is 0.200. The summed E-state index contributed by atoms with van der Waals surface area (Å²) in [6.45, 7) is 1.93. The van der Waals surface area contributed by atoms with Gasteiger partial charge in [-0.05, 0) is 30.3 Å². The third-order valence-electron chi connectivity index (χ3n) is 2.80. The van der Waals surface area contributed by atoms with Gasteiger partial charge < -0.3 is 10.2 Å². The number of nitrogens with one attached hydrogen (secondary N) is 1. The number of rotatable bonds is 4. The van der Waals surface area contributed by atoms with Crippen LogP contribution < -0.4 is 5.32 Å². The van der Waals surface area contributed by atoms with Gasteiger partial charge in [0.25, 0.3) is 5.91 Å². The van der Waals surface area contributed by atoms with Crippen LogP contribution in [0.1, 0.15) is 22.2 Å². The van der Waals surface area contributed by atoms with Crippen molar-refractivity contribution in [3.63, 3.8) is 0 Å². The van der Waals surface area contributed by atoms with E-state index in [0.717, 1.165) is 4.88 Å². The first-order chi connectivity index (χ1) is 9.95. The van der Waals surface area contributed by atoms with Crippen LogP contribution in [-0.2, 0) is 11.3 Å². The zero-order chi connectivity index (χ0) is 15.4. The Hall–Kier alpha value is -1.85. The molecule has 6 heteroatoms. The Labute approximate surface area is 132 Å². The molecule has 0 saturated carbocycles. The summed E-state index contributed by atoms with van der Waals surface area (Å²) in [5, 5.41) is 2.67. The average molecular weight is 323 g/mol. The van der Waals surface area contributed by atoms with E-state index in [9.17, 15) is 9.59 Å². The van der Waals surface area contributed by atoms with E-state index >= 15 is 0 Å². The van der Waals surface area contributed by atoms with Crippen molar-refractivity contribution in [2.75, 3.05) is 12.4 Å². The Balaban J connectivity index is 2.09. The van der Waals surface area contributed by atoms with Gasteiger partial charge in [0.05, 0.1) is 10.9 Å². The molecule has 21 heavy (non-hydrogen) atoms. The number of hydrogen-bond acceptors (Lipinski definition) is 3. The lowest BCUT2D eigenvalue weighted by molar-refractivity contribution is -0.114. The Morgan fingerprint density at radius 1 is 1.29 bits per heavy atom. The van der Waals surface area contributed by atoms with Crippen molar-refractivity contribution in [2.24, 2.45) is 0 Å². The van der Waals surface area contributed by atoms with E-state index in [1.54, 1.807) is 36.2 Å². The van der Waals surface area contributed by atoms with Crippen molar-refractivity contribution in [1.29, 1.82) is 0 Å². The molecule has 110 valence electrons. The van der Waals surface area contributed by atoms with E-state index in [0.29, 0.717) is 22.1 Å². The summed E-state index contributed by atoms with van der Waals surface area (Å²) in [7, 11) is 1.74. The lowest BCUT2D eigenvalue weighted by Crippen LogP contribution is -2.25. The average Bonchev–Trinajstić information content (AvgIpc) is 2.82. The van der Waals surface area contributed by atoms with Gasteiger partial charge in [-0.1, -0.05) is 17.7 Å². The number of halogens is 1. The maximum Gasteiger partial charge on any atom is 0.253 e. The molecule has 2 rings (SSSR count). The molecule has 0 fully saturated rings. The van der Waals surface area contributed by atoms with Crippen LogP contribution in [0, 0.1) is 0 Å². The highest BCUT2D eigenvalue weighted by molar-refractivity contribution is 7.16. The van der Waals surface area contributed by atoms with E-state index in [4.69, 9.17) is 11.6 Å². The van der Waals surface area contributed by atoms with Crippen molar-refractivity contribution in [3.8, 4) is 0 Å². The van der Waals surface area contributed by atoms with Gasteiger partial charge in [0, 0.05) is 30.1 Å². The van der Waals surface area contributed by atoms with Gasteiger partial charge in [-0.3, -0.25) is 9.59 Å². The highest BCUT2D eigenvalue weighted by atomic mass is 35.5. The summed E-state index contributed by atoms with van der Waals surface area (Å²) in [5.41, 5.74) is 1.15. The van der Waals surface area contributed by atoms with Crippen LogP contribution in [0.4, 0.5) is 5.69 Å². The molecule has 1 aromatic carbocycles. The number of thiophene rings is 1. The SMILES string of the molecule is CC(=O)Nc1cccc(C(=O)N(C)Cc2ccc(Cl)s2)c1. The van der Waals surface area contributed by atoms with E-state index in [1.165, 1.54) is 18.3 Å².